The third-order valence-corrected chi connectivity index (χ3v) is 7.21. The lowest BCUT2D eigenvalue weighted by atomic mass is 9.86. The molecule has 1 fully saturated rings. The molecule has 1 atom stereocenters. The molecule has 2 heterocycles. The van der Waals surface area contributed by atoms with Crippen LogP contribution in [0.1, 0.15) is 55.3 Å². The van der Waals surface area contributed by atoms with Crippen LogP contribution >= 0.6 is 0 Å². The first-order chi connectivity index (χ1) is 17.8. The molecule has 2 aliphatic rings. The molecule has 4 rings (SSSR count). The molecule has 1 amide bonds. The van der Waals surface area contributed by atoms with E-state index < -0.39 is 17.9 Å². The predicted octanol–water partition coefficient (Wildman–Crippen LogP) is 4.06. The average Bonchev–Trinajstić information content (AvgIpc) is 2.86. The van der Waals surface area contributed by atoms with E-state index >= 15 is 0 Å². The lowest BCUT2D eigenvalue weighted by Crippen LogP contribution is -2.52. The molecule has 0 saturated heterocycles. The number of aliphatic carboxylic acids is 1. The monoisotopic (exact) mass is 514 g/mol. The minimum absolute atomic E-state index is 0.0927. The Labute approximate surface area is 216 Å². The van der Waals surface area contributed by atoms with Gasteiger partial charge in [0.15, 0.2) is 0 Å². The summed E-state index contributed by atoms with van der Waals surface area (Å²) in [4.78, 5) is 30.9. The summed E-state index contributed by atoms with van der Waals surface area (Å²) in [7, 11) is 0. The predicted molar refractivity (Wildman–Crippen MR) is 138 cm³/mol. The molecule has 200 valence electrons. The van der Waals surface area contributed by atoms with Crippen molar-refractivity contribution in [3.63, 3.8) is 0 Å². The fraction of sp³-hybridized carbons (Fsp3) is 0.536. The fourth-order valence-corrected chi connectivity index (χ4v) is 5.07. The number of alkyl halides is 2. The number of halogens is 2. The zero-order valence-electron chi connectivity index (χ0n) is 21.1. The molecule has 1 saturated carbocycles. The highest BCUT2D eigenvalue weighted by Crippen LogP contribution is 2.40. The van der Waals surface area contributed by atoms with Gasteiger partial charge in [-0.1, -0.05) is 36.4 Å². The minimum Gasteiger partial charge on any atom is -0.480 e. The molecular formula is C28H36F2N4O3. The molecular weight excluding hydrogens is 478 g/mol. The number of fused-ring (bicyclic) bond motifs is 1. The Kier molecular flexibility index (Phi) is 9.08. The van der Waals surface area contributed by atoms with E-state index in [1.807, 2.05) is 35.2 Å². The molecule has 37 heavy (non-hydrogen) atoms. The van der Waals surface area contributed by atoms with Crippen molar-refractivity contribution < 1.29 is 23.5 Å². The van der Waals surface area contributed by atoms with Crippen LogP contribution in [-0.2, 0) is 28.9 Å². The first-order valence-electron chi connectivity index (χ1n) is 13.2. The topological polar surface area (TPSA) is 94.6 Å². The lowest BCUT2D eigenvalue weighted by molar-refractivity contribution is -0.143. The van der Waals surface area contributed by atoms with E-state index in [2.05, 4.69) is 22.8 Å². The van der Waals surface area contributed by atoms with E-state index in [4.69, 9.17) is 4.98 Å². The van der Waals surface area contributed by atoms with Crippen LogP contribution in [0.4, 0.5) is 14.6 Å². The number of carboxylic acid groups (broad SMARTS) is 1. The molecule has 7 nitrogen and oxygen atoms in total. The molecule has 0 bridgehead atoms. The van der Waals surface area contributed by atoms with Crippen LogP contribution < -0.4 is 10.6 Å². The van der Waals surface area contributed by atoms with Crippen LogP contribution in [0.15, 0.2) is 42.5 Å². The number of pyridine rings is 1. The van der Waals surface area contributed by atoms with Crippen LogP contribution in [0.3, 0.4) is 0 Å². The third kappa shape index (κ3) is 7.95. The van der Waals surface area contributed by atoms with Gasteiger partial charge in [-0.2, -0.15) is 0 Å². The number of aryl methyl sites for hydroxylation is 2. The van der Waals surface area contributed by atoms with E-state index in [-0.39, 0.29) is 37.6 Å². The van der Waals surface area contributed by atoms with Crippen LogP contribution in [0.5, 0.6) is 0 Å². The molecule has 1 aliphatic carbocycles. The molecule has 9 heteroatoms. The van der Waals surface area contributed by atoms with Gasteiger partial charge in [0, 0.05) is 37.7 Å². The average molecular weight is 515 g/mol. The van der Waals surface area contributed by atoms with Crippen molar-refractivity contribution in [1.82, 2.24) is 15.2 Å². The van der Waals surface area contributed by atoms with E-state index in [0.29, 0.717) is 13.1 Å². The van der Waals surface area contributed by atoms with Gasteiger partial charge >= 0.3 is 5.97 Å². The number of unbranched alkanes of at least 4 members (excludes halogenated alkanes) is 1. The summed E-state index contributed by atoms with van der Waals surface area (Å²) in [5.74, 6) is -3.17. The Balaban J connectivity index is 1.27. The van der Waals surface area contributed by atoms with Crippen LogP contribution in [0.25, 0.3) is 0 Å². The number of benzene rings is 1. The van der Waals surface area contributed by atoms with Gasteiger partial charge in [-0.3, -0.25) is 9.69 Å². The second-order valence-corrected chi connectivity index (χ2v) is 10.2. The SMILES string of the molecule is O=C(Cc1ccccc1)NC(CCN(CCCCc1ccc2c(n1)NCCC2)C1CC(F)(F)C1)C(=O)O. The van der Waals surface area contributed by atoms with Crippen molar-refractivity contribution in [3.05, 3.63) is 59.3 Å². The number of anilines is 1. The lowest BCUT2D eigenvalue weighted by Gasteiger charge is -2.43. The summed E-state index contributed by atoms with van der Waals surface area (Å²) in [6.07, 6.45) is 4.47. The van der Waals surface area contributed by atoms with Gasteiger partial charge in [0.2, 0.25) is 5.91 Å². The Morgan fingerprint density at radius 2 is 1.92 bits per heavy atom. The number of aromatic nitrogens is 1. The van der Waals surface area contributed by atoms with E-state index in [0.717, 1.165) is 55.7 Å². The van der Waals surface area contributed by atoms with Gasteiger partial charge < -0.3 is 15.7 Å². The third-order valence-electron chi connectivity index (χ3n) is 7.21. The molecule has 2 aromatic rings. The quantitative estimate of drug-likeness (QED) is 0.349. The number of nitrogens with zero attached hydrogens (tertiary/aromatic N) is 2. The summed E-state index contributed by atoms with van der Waals surface area (Å²) in [6.45, 7) is 1.88. The van der Waals surface area contributed by atoms with Gasteiger partial charge in [-0.25, -0.2) is 18.6 Å². The number of rotatable bonds is 13. The Hall–Kier alpha value is -3.07. The number of carbonyl (C=O) groups is 2. The van der Waals surface area contributed by atoms with Crippen molar-refractivity contribution in [1.29, 1.82) is 0 Å². The molecule has 0 spiro atoms. The Bertz CT molecular complexity index is 1060. The second kappa shape index (κ2) is 12.4. The number of hydrogen-bond acceptors (Lipinski definition) is 5. The van der Waals surface area contributed by atoms with Gasteiger partial charge in [-0.15, -0.1) is 0 Å². The van der Waals surface area contributed by atoms with E-state index in [1.165, 1.54) is 5.56 Å². The number of nitrogens with one attached hydrogen (secondary N) is 2. The van der Waals surface area contributed by atoms with E-state index in [1.54, 1.807) is 0 Å². The zero-order valence-corrected chi connectivity index (χ0v) is 21.1. The second-order valence-electron chi connectivity index (χ2n) is 10.2. The largest absolute Gasteiger partial charge is 0.480 e. The van der Waals surface area contributed by atoms with Crippen molar-refractivity contribution in [3.8, 4) is 0 Å². The van der Waals surface area contributed by atoms with Gasteiger partial charge in [-0.05, 0) is 62.3 Å². The summed E-state index contributed by atoms with van der Waals surface area (Å²) < 4.78 is 27.2. The number of hydrogen-bond donors (Lipinski definition) is 3. The highest BCUT2D eigenvalue weighted by atomic mass is 19.3. The summed E-state index contributed by atoms with van der Waals surface area (Å²) >= 11 is 0. The standard InChI is InChI=1S/C28H36F2N4O3/c29-28(30)18-23(19-28)34(15-5-4-10-22-12-11-21-9-6-14-31-26(21)32-22)16-13-24(27(36)37)33-25(35)17-20-7-2-1-3-8-20/h1-3,7-8,11-12,23-24H,4-6,9-10,13-19H2,(H,31,32)(H,33,35)(H,36,37). The van der Waals surface area contributed by atoms with Crippen molar-refractivity contribution in [2.24, 2.45) is 0 Å². The molecule has 1 aromatic carbocycles. The molecule has 1 unspecified atom stereocenters. The molecule has 1 aliphatic heterocycles. The first kappa shape index (κ1) is 27.0. The van der Waals surface area contributed by atoms with Gasteiger partial charge in [0.1, 0.15) is 11.9 Å². The maximum absolute atomic E-state index is 13.6. The summed E-state index contributed by atoms with van der Waals surface area (Å²) in [6, 6.07) is 12.0. The molecule has 3 N–H and O–H groups in total. The van der Waals surface area contributed by atoms with Gasteiger partial charge in [0.05, 0.1) is 6.42 Å². The van der Waals surface area contributed by atoms with Gasteiger partial charge in [0.25, 0.3) is 5.92 Å². The highest BCUT2D eigenvalue weighted by Gasteiger charge is 2.47. The van der Waals surface area contributed by atoms with Crippen molar-refractivity contribution >= 4 is 17.7 Å². The smallest absolute Gasteiger partial charge is 0.326 e. The number of carbonyl (C=O) groups excluding carboxylic acids is 1. The minimum atomic E-state index is -2.65. The van der Waals surface area contributed by atoms with E-state index in [9.17, 15) is 23.5 Å². The molecule has 0 radical (unpaired) electrons. The maximum atomic E-state index is 13.6. The fourth-order valence-electron chi connectivity index (χ4n) is 5.07. The Morgan fingerprint density at radius 1 is 1.14 bits per heavy atom. The maximum Gasteiger partial charge on any atom is 0.326 e. The number of carboxylic acids is 1. The summed E-state index contributed by atoms with van der Waals surface area (Å²) in [5.41, 5.74) is 3.06. The first-order valence-corrected chi connectivity index (χ1v) is 13.2. The summed E-state index contributed by atoms with van der Waals surface area (Å²) in [5, 5.41) is 15.6. The van der Waals surface area contributed by atoms with Crippen molar-refractivity contribution in [2.45, 2.75) is 75.8 Å². The van der Waals surface area contributed by atoms with Crippen LogP contribution in [0, 0.1) is 0 Å². The van der Waals surface area contributed by atoms with Crippen molar-refractivity contribution in [2.75, 3.05) is 25.0 Å². The normalized spacial score (nSPS) is 17.4. The zero-order chi connectivity index (χ0) is 26.3. The Morgan fingerprint density at radius 3 is 2.65 bits per heavy atom. The highest BCUT2D eigenvalue weighted by molar-refractivity contribution is 5.84. The van der Waals surface area contributed by atoms with Crippen LogP contribution in [0.2, 0.25) is 0 Å². The number of amides is 1. The molecule has 1 aromatic heterocycles. The van der Waals surface area contributed by atoms with Crippen LogP contribution in [-0.4, -0.2) is 64.5 Å².